The van der Waals surface area contributed by atoms with Crippen molar-refractivity contribution in [2.24, 2.45) is 0 Å². The molecule has 0 aliphatic rings. The molecular weight excluding hydrogens is 219 g/mol. The maximum atomic E-state index is 8.95. The van der Waals surface area contributed by atoms with E-state index in [0.29, 0.717) is 5.46 Å². The molecule has 1 aromatic carbocycles. The van der Waals surface area contributed by atoms with Gasteiger partial charge in [-0.05, 0) is 30.4 Å². The van der Waals surface area contributed by atoms with E-state index in [1.807, 2.05) is 19.9 Å². The molecule has 0 radical (unpaired) electrons. The molecular formula is C8H10BBrO2. The molecule has 0 aliphatic carbocycles. The fraction of sp³-hybridized carbons (Fsp3) is 0.250. The third kappa shape index (κ3) is 1.71. The summed E-state index contributed by atoms with van der Waals surface area (Å²) in [6.45, 7) is 3.82. The Balaban J connectivity index is 3.27. The van der Waals surface area contributed by atoms with Gasteiger partial charge in [0.25, 0.3) is 0 Å². The number of hydrogen-bond acceptors (Lipinski definition) is 2. The normalized spacial score (nSPS) is 10.1. The maximum Gasteiger partial charge on any atom is 0.488 e. The summed E-state index contributed by atoms with van der Waals surface area (Å²) in [7, 11) is -1.39. The zero-order valence-electron chi connectivity index (χ0n) is 7.00. The second kappa shape index (κ2) is 3.60. The van der Waals surface area contributed by atoms with Crippen molar-refractivity contribution in [3.63, 3.8) is 0 Å². The van der Waals surface area contributed by atoms with E-state index in [1.165, 1.54) is 0 Å². The van der Waals surface area contributed by atoms with E-state index >= 15 is 0 Å². The Kier molecular flexibility index (Phi) is 2.93. The summed E-state index contributed by atoms with van der Waals surface area (Å²) in [4.78, 5) is 0. The van der Waals surface area contributed by atoms with Crippen molar-refractivity contribution < 1.29 is 10.0 Å². The molecule has 1 aromatic rings. The van der Waals surface area contributed by atoms with Gasteiger partial charge in [-0.2, -0.15) is 0 Å². The number of aryl methyl sites for hydroxylation is 1. The Labute approximate surface area is 80.5 Å². The minimum absolute atomic E-state index is 0.549. The van der Waals surface area contributed by atoms with Crippen LogP contribution in [0, 0.1) is 13.8 Å². The number of halogens is 1. The van der Waals surface area contributed by atoms with E-state index in [4.69, 9.17) is 10.0 Å². The van der Waals surface area contributed by atoms with Crippen LogP contribution in [0.4, 0.5) is 0 Å². The maximum absolute atomic E-state index is 8.95. The molecule has 0 bridgehead atoms. The fourth-order valence-corrected chi connectivity index (χ4v) is 1.48. The molecule has 2 nitrogen and oxygen atoms in total. The minimum atomic E-state index is -1.39. The van der Waals surface area contributed by atoms with Crippen LogP contribution in [0.1, 0.15) is 11.1 Å². The molecule has 0 aliphatic heterocycles. The quantitative estimate of drug-likeness (QED) is 0.697. The number of rotatable bonds is 1. The number of benzene rings is 1. The standard InChI is InChI=1S/C8H10BBrO2/c1-5-3-4-7(9(11)12)6(2)8(5)10/h3-4,11-12H,1-2H3. The van der Waals surface area contributed by atoms with Crippen molar-refractivity contribution in [2.75, 3.05) is 0 Å². The third-order valence-corrected chi connectivity index (χ3v) is 3.12. The SMILES string of the molecule is Cc1ccc(B(O)O)c(C)c1Br. The molecule has 0 heterocycles. The average Bonchev–Trinajstić information content (AvgIpc) is 2.00. The van der Waals surface area contributed by atoms with Crippen LogP contribution < -0.4 is 5.46 Å². The van der Waals surface area contributed by atoms with Crippen molar-refractivity contribution in [1.29, 1.82) is 0 Å². The Morgan fingerprint density at radius 3 is 2.33 bits per heavy atom. The lowest BCUT2D eigenvalue weighted by molar-refractivity contribution is 0.425. The molecule has 12 heavy (non-hydrogen) atoms. The Hall–Kier alpha value is -0.315. The van der Waals surface area contributed by atoms with Gasteiger partial charge in [0.2, 0.25) is 0 Å². The van der Waals surface area contributed by atoms with Crippen molar-refractivity contribution in [1.82, 2.24) is 0 Å². The summed E-state index contributed by atoms with van der Waals surface area (Å²) < 4.78 is 0.938. The Morgan fingerprint density at radius 1 is 1.25 bits per heavy atom. The van der Waals surface area contributed by atoms with Gasteiger partial charge in [-0.1, -0.05) is 28.1 Å². The zero-order valence-corrected chi connectivity index (χ0v) is 8.59. The molecule has 0 fully saturated rings. The first-order chi connectivity index (χ1) is 5.54. The molecule has 2 N–H and O–H groups in total. The van der Waals surface area contributed by atoms with Crippen LogP contribution in [0.25, 0.3) is 0 Å². The lowest BCUT2D eigenvalue weighted by Crippen LogP contribution is -2.32. The van der Waals surface area contributed by atoms with Gasteiger partial charge in [0.05, 0.1) is 0 Å². The molecule has 64 valence electrons. The summed E-state index contributed by atoms with van der Waals surface area (Å²) in [5.74, 6) is 0. The summed E-state index contributed by atoms with van der Waals surface area (Å²) in [6.07, 6.45) is 0. The lowest BCUT2D eigenvalue weighted by atomic mass is 9.77. The predicted molar refractivity (Wildman–Crippen MR) is 53.4 cm³/mol. The Bertz CT molecular complexity index is 299. The van der Waals surface area contributed by atoms with Crippen molar-refractivity contribution in [2.45, 2.75) is 13.8 Å². The first-order valence-corrected chi connectivity index (χ1v) is 4.45. The topological polar surface area (TPSA) is 40.5 Å². The molecule has 0 atom stereocenters. The van der Waals surface area contributed by atoms with E-state index in [2.05, 4.69) is 15.9 Å². The van der Waals surface area contributed by atoms with Gasteiger partial charge in [0.15, 0.2) is 0 Å². The molecule has 4 heteroatoms. The van der Waals surface area contributed by atoms with Crippen LogP contribution in [0.3, 0.4) is 0 Å². The molecule has 1 rings (SSSR count). The molecule has 0 saturated heterocycles. The van der Waals surface area contributed by atoms with Crippen LogP contribution in [-0.2, 0) is 0 Å². The second-order valence-corrected chi connectivity index (χ2v) is 3.58. The van der Waals surface area contributed by atoms with E-state index in [0.717, 1.165) is 15.6 Å². The summed E-state index contributed by atoms with van der Waals surface area (Å²) in [6, 6.07) is 3.58. The van der Waals surface area contributed by atoms with Gasteiger partial charge in [-0.3, -0.25) is 0 Å². The van der Waals surface area contributed by atoms with Gasteiger partial charge >= 0.3 is 7.12 Å². The van der Waals surface area contributed by atoms with E-state index < -0.39 is 7.12 Å². The first kappa shape index (κ1) is 9.77. The van der Waals surface area contributed by atoms with Crippen LogP contribution in [0.2, 0.25) is 0 Å². The van der Waals surface area contributed by atoms with E-state index in [9.17, 15) is 0 Å². The van der Waals surface area contributed by atoms with Gasteiger partial charge in [0.1, 0.15) is 0 Å². The average molecular weight is 229 g/mol. The first-order valence-electron chi connectivity index (χ1n) is 3.65. The highest BCUT2D eigenvalue weighted by Crippen LogP contribution is 2.18. The molecule has 0 spiro atoms. The predicted octanol–water partition coefficient (Wildman–Crippen LogP) is 0.746. The largest absolute Gasteiger partial charge is 0.488 e. The van der Waals surface area contributed by atoms with Gasteiger partial charge in [-0.15, -0.1) is 0 Å². The molecule has 0 aromatic heterocycles. The van der Waals surface area contributed by atoms with Gasteiger partial charge < -0.3 is 10.0 Å². The summed E-state index contributed by atoms with van der Waals surface area (Å²) >= 11 is 3.38. The van der Waals surface area contributed by atoms with E-state index in [1.54, 1.807) is 6.07 Å². The van der Waals surface area contributed by atoms with Gasteiger partial charge in [0, 0.05) is 4.47 Å². The fourth-order valence-electron chi connectivity index (χ4n) is 1.12. The van der Waals surface area contributed by atoms with Gasteiger partial charge in [-0.25, -0.2) is 0 Å². The van der Waals surface area contributed by atoms with Crippen LogP contribution in [0.15, 0.2) is 16.6 Å². The van der Waals surface area contributed by atoms with Crippen LogP contribution in [-0.4, -0.2) is 17.2 Å². The minimum Gasteiger partial charge on any atom is -0.423 e. The molecule has 0 saturated carbocycles. The Morgan fingerprint density at radius 2 is 1.83 bits per heavy atom. The highest BCUT2D eigenvalue weighted by Gasteiger charge is 2.15. The highest BCUT2D eigenvalue weighted by molar-refractivity contribution is 9.10. The lowest BCUT2D eigenvalue weighted by Gasteiger charge is -2.08. The van der Waals surface area contributed by atoms with Crippen LogP contribution in [0.5, 0.6) is 0 Å². The highest BCUT2D eigenvalue weighted by atomic mass is 79.9. The van der Waals surface area contributed by atoms with E-state index in [-0.39, 0.29) is 0 Å². The third-order valence-electron chi connectivity index (χ3n) is 1.90. The second-order valence-electron chi connectivity index (χ2n) is 2.78. The monoisotopic (exact) mass is 228 g/mol. The van der Waals surface area contributed by atoms with Crippen molar-refractivity contribution in [3.8, 4) is 0 Å². The van der Waals surface area contributed by atoms with Crippen molar-refractivity contribution in [3.05, 3.63) is 27.7 Å². The van der Waals surface area contributed by atoms with Crippen molar-refractivity contribution >= 4 is 28.5 Å². The zero-order chi connectivity index (χ0) is 9.30. The summed E-state index contributed by atoms with van der Waals surface area (Å²) in [5.41, 5.74) is 2.52. The summed E-state index contributed by atoms with van der Waals surface area (Å²) in [5, 5.41) is 17.9. The molecule has 0 amide bonds. The van der Waals surface area contributed by atoms with Crippen LogP contribution >= 0.6 is 15.9 Å². The number of hydrogen-bond donors (Lipinski definition) is 2. The molecule has 0 unspecified atom stereocenters. The smallest absolute Gasteiger partial charge is 0.423 e.